The zero-order chi connectivity index (χ0) is 17.2. The molecule has 1 aliphatic rings. The smallest absolute Gasteiger partial charge is 0.252 e. The number of piperidine rings is 1. The van der Waals surface area contributed by atoms with Crippen molar-refractivity contribution in [2.45, 2.75) is 18.9 Å². The number of aromatic nitrogens is 1. The number of amides is 2. The van der Waals surface area contributed by atoms with Gasteiger partial charge in [0.05, 0.1) is 21.7 Å². The Balaban J connectivity index is 1.69. The SMILES string of the molecule is O=C1CCC(NC(=O)c2cc(-c3cccs3)nc3ccccc23)CN1. The second-order valence-corrected chi connectivity index (χ2v) is 7.01. The molecule has 1 unspecified atom stereocenters. The second-order valence-electron chi connectivity index (χ2n) is 6.06. The normalized spacial score (nSPS) is 17.3. The summed E-state index contributed by atoms with van der Waals surface area (Å²) in [6.07, 6.45) is 1.11. The van der Waals surface area contributed by atoms with E-state index in [-0.39, 0.29) is 17.9 Å². The number of nitrogens with one attached hydrogen (secondary N) is 2. The number of fused-ring (bicyclic) bond motifs is 1. The van der Waals surface area contributed by atoms with Gasteiger partial charge in [-0.3, -0.25) is 9.59 Å². The summed E-state index contributed by atoms with van der Waals surface area (Å²) < 4.78 is 0. The van der Waals surface area contributed by atoms with Crippen molar-refractivity contribution in [1.82, 2.24) is 15.6 Å². The van der Waals surface area contributed by atoms with Gasteiger partial charge in [0, 0.05) is 24.4 Å². The van der Waals surface area contributed by atoms with E-state index in [4.69, 9.17) is 4.98 Å². The van der Waals surface area contributed by atoms with Gasteiger partial charge in [0.15, 0.2) is 0 Å². The van der Waals surface area contributed by atoms with Crippen LogP contribution in [0.1, 0.15) is 23.2 Å². The predicted molar refractivity (Wildman–Crippen MR) is 98.6 cm³/mol. The summed E-state index contributed by atoms with van der Waals surface area (Å²) in [5, 5.41) is 8.67. The van der Waals surface area contributed by atoms with Crippen molar-refractivity contribution in [3.05, 3.63) is 53.4 Å². The van der Waals surface area contributed by atoms with Crippen molar-refractivity contribution in [2.75, 3.05) is 6.54 Å². The lowest BCUT2D eigenvalue weighted by Crippen LogP contribution is -2.47. The molecule has 1 atom stereocenters. The van der Waals surface area contributed by atoms with Crippen molar-refractivity contribution < 1.29 is 9.59 Å². The maximum Gasteiger partial charge on any atom is 0.252 e. The Morgan fingerprint density at radius 3 is 2.88 bits per heavy atom. The van der Waals surface area contributed by atoms with Crippen LogP contribution in [-0.4, -0.2) is 29.4 Å². The first kappa shape index (κ1) is 15.8. The van der Waals surface area contributed by atoms with E-state index in [0.717, 1.165) is 21.5 Å². The summed E-state index contributed by atoms with van der Waals surface area (Å²) in [5.74, 6) is -0.0857. The molecule has 0 spiro atoms. The number of para-hydroxylation sites is 1. The second kappa shape index (κ2) is 6.64. The fourth-order valence-electron chi connectivity index (χ4n) is 3.03. The molecule has 1 fully saturated rings. The number of rotatable bonds is 3. The van der Waals surface area contributed by atoms with E-state index in [0.29, 0.717) is 24.9 Å². The third-order valence-corrected chi connectivity index (χ3v) is 5.23. The molecule has 1 aliphatic heterocycles. The molecule has 2 aromatic heterocycles. The number of carbonyl (C=O) groups excluding carboxylic acids is 2. The summed E-state index contributed by atoms with van der Waals surface area (Å²) in [6, 6.07) is 13.5. The highest BCUT2D eigenvalue weighted by atomic mass is 32.1. The van der Waals surface area contributed by atoms with E-state index in [1.807, 2.05) is 47.8 Å². The zero-order valence-corrected chi connectivity index (χ0v) is 14.3. The summed E-state index contributed by atoms with van der Waals surface area (Å²) in [7, 11) is 0. The maximum absolute atomic E-state index is 12.9. The van der Waals surface area contributed by atoms with Gasteiger partial charge in [0.2, 0.25) is 5.91 Å². The molecule has 1 aromatic carbocycles. The van der Waals surface area contributed by atoms with E-state index in [1.54, 1.807) is 11.3 Å². The first-order valence-corrected chi connectivity index (χ1v) is 9.10. The average molecular weight is 351 g/mol. The number of benzene rings is 1. The third-order valence-electron chi connectivity index (χ3n) is 4.34. The van der Waals surface area contributed by atoms with E-state index in [1.165, 1.54) is 0 Å². The summed E-state index contributed by atoms with van der Waals surface area (Å²) >= 11 is 1.60. The van der Waals surface area contributed by atoms with Crippen LogP contribution in [0.4, 0.5) is 0 Å². The Bertz CT molecular complexity index is 927. The quantitative estimate of drug-likeness (QED) is 0.762. The van der Waals surface area contributed by atoms with Gasteiger partial charge in [-0.2, -0.15) is 0 Å². The first-order chi connectivity index (χ1) is 12.2. The van der Waals surface area contributed by atoms with Gasteiger partial charge in [0.25, 0.3) is 5.91 Å². The minimum atomic E-state index is -0.127. The van der Waals surface area contributed by atoms with Crippen LogP contribution in [0.2, 0.25) is 0 Å². The molecule has 4 rings (SSSR count). The Hall–Kier alpha value is -2.73. The molecular weight excluding hydrogens is 334 g/mol. The maximum atomic E-state index is 12.9. The number of hydrogen-bond donors (Lipinski definition) is 2. The number of nitrogens with zero attached hydrogens (tertiary/aromatic N) is 1. The van der Waals surface area contributed by atoms with Gasteiger partial charge in [-0.05, 0) is 30.0 Å². The molecule has 0 aliphatic carbocycles. The standard InChI is InChI=1S/C19H17N3O2S/c23-18-8-7-12(11-20-18)21-19(24)14-10-16(17-6-3-9-25-17)22-15-5-2-1-4-13(14)15/h1-6,9-10,12H,7-8,11H2,(H,20,23)(H,21,24). The Kier molecular flexibility index (Phi) is 4.19. The van der Waals surface area contributed by atoms with E-state index < -0.39 is 0 Å². The molecule has 0 bridgehead atoms. The highest BCUT2D eigenvalue weighted by molar-refractivity contribution is 7.13. The highest BCUT2D eigenvalue weighted by Gasteiger charge is 2.22. The molecule has 126 valence electrons. The van der Waals surface area contributed by atoms with Crippen molar-refractivity contribution in [2.24, 2.45) is 0 Å². The van der Waals surface area contributed by atoms with Crippen LogP contribution in [0, 0.1) is 0 Å². The largest absolute Gasteiger partial charge is 0.354 e. The van der Waals surface area contributed by atoms with Gasteiger partial charge in [-0.15, -0.1) is 11.3 Å². The topological polar surface area (TPSA) is 71.1 Å². The van der Waals surface area contributed by atoms with E-state index in [2.05, 4.69) is 10.6 Å². The molecule has 3 heterocycles. The van der Waals surface area contributed by atoms with E-state index in [9.17, 15) is 9.59 Å². The lowest BCUT2D eigenvalue weighted by Gasteiger charge is -2.23. The van der Waals surface area contributed by atoms with Crippen LogP contribution >= 0.6 is 11.3 Å². The molecule has 1 saturated heterocycles. The average Bonchev–Trinajstić information content (AvgIpc) is 3.17. The van der Waals surface area contributed by atoms with Crippen LogP contribution in [-0.2, 0) is 4.79 Å². The Labute approximate surface area is 149 Å². The molecule has 3 aromatic rings. The minimum absolute atomic E-state index is 0.0395. The Morgan fingerprint density at radius 2 is 2.12 bits per heavy atom. The lowest BCUT2D eigenvalue weighted by molar-refractivity contribution is -0.122. The van der Waals surface area contributed by atoms with Crippen molar-refractivity contribution in [3.63, 3.8) is 0 Å². The number of thiophene rings is 1. The minimum Gasteiger partial charge on any atom is -0.354 e. The van der Waals surface area contributed by atoms with Gasteiger partial charge in [0.1, 0.15) is 0 Å². The molecule has 5 nitrogen and oxygen atoms in total. The molecule has 0 radical (unpaired) electrons. The van der Waals surface area contributed by atoms with Crippen LogP contribution in [0.25, 0.3) is 21.5 Å². The molecule has 2 N–H and O–H groups in total. The van der Waals surface area contributed by atoms with Crippen molar-refractivity contribution >= 4 is 34.1 Å². The number of pyridine rings is 1. The van der Waals surface area contributed by atoms with Crippen molar-refractivity contribution in [3.8, 4) is 10.6 Å². The Morgan fingerprint density at radius 1 is 1.24 bits per heavy atom. The molecule has 6 heteroatoms. The molecular formula is C19H17N3O2S. The monoisotopic (exact) mass is 351 g/mol. The molecule has 0 saturated carbocycles. The summed E-state index contributed by atoms with van der Waals surface area (Å²) in [5.41, 5.74) is 2.22. The molecule has 2 amide bonds. The zero-order valence-electron chi connectivity index (χ0n) is 13.5. The predicted octanol–water partition coefficient (Wildman–Crippen LogP) is 2.97. The summed E-state index contributed by atoms with van der Waals surface area (Å²) in [4.78, 5) is 29.9. The van der Waals surface area contributed by atoms with Crippen LogP contribution in [0.5, 0.6) is 0 Å². The van der Waals surface area contributed by atoms with Crippen LogP contribution in [0.15, 0.2) is 47.8 Å². The lowest BCUT2D eigenvalue weighted by atomic mass is 10.0. The third kappa shape index (κ3) is 3.25. The fourth-order valence-corrected chi connectivity index (χ4v) is 3.72. The van der Waals surface area contributed by atoms with E-state index >= 15 is 0 Å². The number of hydrogen-bond acceptors (Lipinski definition) is 4. The number of carbonyl (C=O) groups is 2. The van der Waals surface area contributed by atoms with Gasteiger partial charge < -0.3 is 10.6 Å². The summed E-state index contributed by atoms with van der Waals surface area (Å²) in [6.45, 7) is 0.478. The first-order valence-electron chi connectivity index (χ1n) is 8.22. The van der Waals surface area contributed by atoms with Gasteiger partial charge >= 0.3 is 0 Å². The fraction of sp³-hybridized carbons (Fsp3) is 0.211. The molecule has 25 heavy (non-hydrogen) atoms. The van der Waals surface area contributed by atoms with Crippen molar-refractivity contribution in [1.29, 1.82) is 0 Å². The highest BCUT2D eigenvalue weighted by Crippen LogP contribution is 2.28. The van der Waals surface area contributed by atoms with Crippen LogP contribution < -0.4 is 10.6 Å². The van der Waals surface area contributed by atoms with Crippen LogP contribution in [0.3, 0.4) is 0 Å². The van der Waals surface area contributed by atoms with Gasteiger partial charge in [-0.25, -0.2) is 4.98 Å². The van der Waals surface area contributed by atoms with Gasteiger partial charge in [-0.1, -0.05) is 24.3 Å².